The Morgan fingerprint density at radius 3 is 2.15 bits per heavy atom. The Kier molecular flexibility index (Phi) is 4.56. The monoisotopic (exact) mass is 271 g/mol. The molecule has 1 N–H and O–H groups in total. The molecule has 0 aromatic heterocycles. The van der Waals surface area contributed by atoms with Gasteiger partial charge in [-0.15, -0.1) is 0 Å². The maximum atomic E-state index is 13.5. The first-order chi connectivity index (χ1) is 9.47. The molecule has 0 saturated heterocycles. The van der Waals surface area contributed by atoms with Crippen molar-refractivity contribution in [1.82, 2.24) is 5.32 Å². The van der Waals surface area contributed by atoms with Crippen LogP contribution in [0.15, 0.2) is 48.5 Å². The molecule has 0 saturated carbocycles. The number of rotatable bonds is 4. The van der Waals surface area contributed by atoms with Crippen molar-refractivity contribution in [2.75, 3.05) is 0 Å². The van der Waals surface area contributed by atoms with E-state index in [1.165, 1.54) is 17.2 Å². The smallest absolute Gasteiger partial charge is 0.127 e. The zero-order valence-corrected chi connectivity index (χ0v) is 12.4. The average Bonchev–Trinajstić information content (AvgIpc) is 2.40. The van der Waals surface area contributed by atoms with Crippen LogP contribution in [0.1, 0.15) is 37.5 Å². The van der Waals surface area contributed by atoms with E-state index in [9.17, 15) is 4.39 Å². The Balaban J connectivity index is 1.90. The van der Waals surface area contributed by atoms with E-state index in [1.54, 1.807) is 6.07 Å². The number of halogens is 1. The van der Waals surface area contributed by atoms with Crippen LogP contribution in [0.5, 0.6) is 0 Å². The standard InChI is InChI=1S/C18H22FN/c1-18(2,3)16-10-8-14(9-11-16)12-20-13-15-6-4-5-7-17(15)19/h4-11,20H,12-13H2,1-3H3. The molecular formula is C18H22FN. The SMILES string of the molecule is CC(C)(C)c1ccc(CNCc2ccccc2F)cc1. The van der Waals surface area contributed by atoms with Crippen molar-refractivity contribution in [2.24, 2.45) is 0 Å². The van der Waals surface area contributed by atoms with Crippen LogP contribution in [0, 0.1) is 5.82 Å². The number of hydrogen-bond acceptors (Lipinski definition) is 1. The van der Waals surface area contributed by atoms with Gasteiger partial charge in [-0.1, -0.05) is 63.2 Å². The summed E-state index contributed by atoms with van der Waals surface area (Å²) in [7, 11) is 0. The first-order valence-electron chi connectivity index (χ1n) is 7.00. The molecular weight excluding hydrogens is 249 g/mol. The normalized spacial score (nSPS) is 11.6. The summed E-state index contributed by atoms with van der Waals surface area (Å²) in [5.41, 5.74) is 3.43. The van der Waals surface area contributed by atoms with Gasteiger partial charge in [-0.05, 0) is 22.6 Å². The minimum atomic E-state index is -0.150. The second-order valence-corrected chi connectivity index (χ2v) is 6.14. The summed E-state index contributed by atoms with van der Waals surface area (Å²) in [6, 6.07) is 15.5. The highest BCUT2D eigenvalue weighted by Gasteiger charge is 2.12. The van der Waals surface area contributed by atoms with Gasteiger partial charge in [0.2, 0.25) is 0 Å². The van der Waals surface area contributed by atoms with Gasteiger partial charge in [-0.2, -0.15) is 0 Å². The minimum absolute atomic E-state index is 0.150. The summed E-state index contributed by atoms with van der Waals surface area (Å²) in [4.78, 5) is 0. The molecule has 0 atom stereocenters. The first kappa shape index (κ1) is 14.7. The highest BCUT2D eigenvalue weighted by molar-refractivity contribution is 5.27. The van der Waals surface area contributed by atoms with E-state index in [1.807, 2.05) is 12.1 Å². The molecule has 0 heterocycles. The summed E-state index contributed by atoms with van der Waals surface area (Å²) in [5, 5.41) is 3.28. The largest absolute Gasteiger partial charge is 0.309 e. The fourth-order valence-corrected chi connectivity index (χ4v) is 2.11. The summed E-state index contributed by atoms with van der Waals surface area (Å²) >= 11 is 0. The van der Waals surface area contributed by atoms with Gasteiger partial charge in [-0.3, -0.25) is 0 Å². The second kappa shape index (κ2) is 6.19. The van der Waals surface area contributed by atoms with Crippen LogP contribution >= 0.6 is 0 Å². The Morgan fingerprint density at radius 2 is 1.55 bits per heavy atom. The molecule has 0 radical (unpaired) electrons. The lowest BCUT2D eigenvalue weighted by Crippen LogP contribution is -2.14. The molecule has 2 heteroatoms. The predicted octanol–water partition coefficient (Wildman–Crippen LogP) is 4.41. The lowest BCUT2D eigenvalue weighted by molar-refractivity contribution is 0.584. The third-order valence-electron chi connectivity index (χ3n) is 3.42. The molecule has 106 valence electrons. The summed E-state index contributed by atoms with van der Waals surface area (Å²) in [6.07, 6.45) is 0. The van der Waals surface area contributed by atoms with E-state index in [-0.39, 0.29) is 11.2 Å². The van der Waals surface area contributed by atoms with E-state index < -0.39 is 0 Å². The summed E-state index contributed by atoms with van der Waals surface area (Å²) < 4.78 is 13.5. The van der Waals surface area contributed by atoms with Crippen molar-refractivity contribution in [2.45, 2.75) is 39.3 Å². The van der Waals surface area contributed by atoms with Crippen LogP contribution in [0.3, 0.4) is 0 Å². The molecule has 0 bridgehead atoms. The number of benzene rings is 2. The molecule has 0 amide bonds. The molecule has 0 aliphatic heterocycles. The Labute approximate surface area is 120 Å². The third-order valence-corrected chi connectivity index (χ3v) is 3.42. The molecule has 1 nitrogen and oxygen atoms in total. The van der Waals surface area contributed by atoms with Gasteiger partial charge in [0.25, 0.3) is 0 Å². The van der Waals surface area contributed by atoms with Gasteiger partial charge in [0.15, 0.2) is 0 Å². The molecule has 0 unspecified atom stereocenters. The topological polar surface area (TPSA) is 12.0 Å². The highest BCUT2D eigenvalue weighted by atomic mass is 19.1. The van der Waals surface area contributed by atoms with Crippen LogP contribution in [0.2, 0.25) is 0 Å². The summed E-state index contributed by atoms with van der Waals surface area (Å²) in [6.45, 7) is 7.92. The van der Waals surface area contributed by atoms with Gasteiger partial charge < -0.3 is 5.32 Å². The maximum absolute atomic E-state index is 13.5. The first-order valence-corrected chi connectivity index (χ1v) is 7.00. The highest BCUT2D eigenvalue weighted by Crippen LogP contribution is 2.22. The Hall–Kier alpha value is -1.67. The molecule has 2 rings (SSSR count). The van der Waals surface area contributed by atoms with Crippen LogP contribution in [-0.4, -0.2) is 0 Å². The average molecular weight is 271 g/mol. The van der Waals surface area contributed by atoms with E-state index >= 15 is 0 Å². The van der Waals surface area contributed by atoms with Crippen LogP contribution in [-0.2, 0) is 18.5 Å². The van der Waals surface area contributed by atoms with E-state index in [0.717, 1.165) is 6.54 Å². The van der Waals surface area contributed by atoms with Crippen LogP contribution < -0.4 is 5.32 Å². The fraction of sp³-hybridized carbons (Fsp3) is 0.333. The van der Waals surface area contributed by atoms with Crippen molar-refractivity contribution in [3.05, 3.63) is 71.0 Å². The van der Waals surface area contributed by atoms with Gasteiger partial charge >= 0.3 is 0 Å². The van der Waals surface area contributed by atoms with Gasteiger partial charge in [0, 0.05) is 18.7 Å². The van der Waals surface area contributed by atoms with Crippen LogP contribution in [0.25, 0.3) is 0 Å². The minimum Gasteiger partial charge on any atom is -0.309 e. The zero-order valence-electron chi connectivity index (χ0n) is 12.4. The lowest BCUT2D eigenvalue weighted by atomic mass is 9.87. The van der Waals surface area contributed by atoms with Crippen molar-refractivity contribution in [3.63, 3.8) is 0 Å². The molecule has 20 heavy (non-hydrogen) atoms. The lowest BCUT2D eigenvalue weighted by Gasteiger charge is -2.19. The second-order valence-electron chi connectivity index (χ2n) is 6.14. The molecule has 2 aromatic carbocycles. The third kappa shape index (κ3) is 3.91. The quantitative estimate of drug-likeness (QED) is 0.868. The zero-order chi connectivity index (χ0) is 14.6. The Bertz CT molecular complexity index is 552. The van der Waals surface area contributed by atoms with E-state index in [2.05, 4.69) is 50.4 Å². The van der Waals surface area contributed by atoms with Gasteiger partial charge in [0.1, 0.15) is 5.82 Å². The van der Waals surface area contributed by atoms with Crippen LogP contribution in [0.4, 0.5) is 4.39 Å². The molecule has 0 spiro atoms. The number of nitrogens with one attached hydrogen (secondary N) is 1. The number of hydrogen-bond donors (Lipinski definition) is 1. The van der Waals surface area contributed by atoms with E-state index in [0.29, 0.717) is 12.1 Å². The maximum Gasteiger partial charge on any atom is 0.127 e. The van der Waals surface area contributed by atoms with Gasteiger partial charge in [0.05, 0.1) is 0 Å². The van der Waals surface area contributed by atoms with Gasteiger partial charge in [-0.25, -0.2) is 4.39 Å². The van der Waals surface area contributed by atoms with Crippen molar-refractivity contribution in [1.29, 1.82) is 0 Å². The van der Waals surface area contributed by atoms with Crippen molar-refractivity contribution in [3.8, 4) is 0 Å². The predicted molar refractivity (Wildman–Crippen MR) is 82.1 cm³/mol. The fourth-order valence-electron chi connectivity index (χ4n) is 2.11. The van der Waals surface area contributed by atoms with Crippen molar-refractivity contribution < 1.29 is 4.39 Å². The molecule has 0 aliphatic rings. The van der Waals surface area contributed by atoms with E-state index in [4.69, 9.17) is 0 Å². The van der Waals surface area contributed by atoms with Crippen molar-refractivity contribution >= 4 is 0 Å². The summed E-state index contributed by atoms with van der Waals surface area (Å²) in [5.74, 6) is -0.150. The molecule has 0 aliphatic carbocycles. The Morgan fingerprint density at radius 1 is 0.900 bits per heavy atom. The molecule has 2 aromatic rings. The molecule has 0 fully saturated rings.